The summed E-state index contributed by atoms with van der Waals surface area (Å²) in [6, 6.07) is 78.3. The van der Waals surface area contributed by atoms with Crippen molar-refractivity contribution in [2.24, 2.45) is 0 Å². The lowest BCUT2D eigenvalue weighted by Gasteiger charge is -2.41. The van der Waals surface area contributed by atoms with Gasteiger partial charge < -0.3 is 9.30 Å². The van der Waals surface area contributed by atoms with E-state index in [2.05, 4.69) is 217 Å². The number of aromatic nitrogens is 1. The van der Waals surface area contributed by atoms with Gasteiger partial charge in [-0.3, -0.25) is 0 Å². The van der Waals surface area contributed by atoms with Crippen molar-refractivity contribution in [3.8, 4) is 39.4 Å². The molecular formula is C54H35NOSSi. The normalized spacial score (nSPS) is 14.8. The van der Waals surface area contributed by atoms with Gasteiger partial charge in [-0.05, 0) is 73.8 Å². The van der Waals surface area contributed by atoms with E-state index in [4.69, 9.17) is 4.74 Å². The monoisotopic (exact) mass is 773 g/mol. The molecule has 0 saturated heterocycles. The van der Waals surface area contributed by atoms with Gasteiger partial charge in [-0.1, -0.05) is 176 Å². The lowest BCUT2D eigenvalue weighted by molar-refractivity contribution is 0.489. The molecule has 0 aliphatic carbocycles. The Morgan fingerprint density at radius 3 is 1.78 bits per heavy atom. The minimum Gasteiger partial charge on any atom is -0.457 e. The van der Waals surface area contributed by atoms with Gasteiger partial charge in [0.1, 0.15) is 11.5 Å². The molecule has 0 fully saturated rings. The summed E-state index contributed by atoms with van der Waals surface area (Å²) in [6.45, 7) is 0. The predicted molar refractivity (Wildman–Crippen MR) is 248 cm³/mol. The minimum absolute atomic E-state index is 0.918. The third-order valence-corrected chi connectivity index (χ3v) is 18.2. The number of fused-ring (bicyclic) bond motifs is 8. The molecule has 1 atom stereocenters. The van der Waals surface area contributed by atoms with Crippen LogP contribution in [0.5, 0.6) is 11.5 Å². The highest BCUT2D eigenvalue weighted by Crippen LogP contribution is 2.42. The zero-order valence-corrected chi connectivity index (χ0v) is 33.3. The molecule has 0 bridgehead atoms. The van der Waals surface area contributed by atoms with Crippen LogP contribution < -0.4 is 25.5 Å². The molecule has 0 saturated carbocycles. The molecule has 0 amide bonds. The van der Waals surface area contributed by atoms with Crippen LogP contribution in [0.25, 0.3) is 69.9 Å². The number of nitrogens with zero attached hydrogens (tertiary/aromatic N) is 1. The van der Waals surface area contributed by atoms with Crippen molar-refractivity contribution in [1.29, 1.82) is 0 Å². The SMILES string of the molecule is c1ccc(-c2ccc([Si]3(c4ccccc4-n4c5ccccc5c5ccccc54)c4ccccc4Oc4c(-c5ccc6c(c5)sc5ccccc56)cccc43)cc2)cc1. The van der Waals surface area contributed by atoms with E-state index in [0.29, 0.717) is 0 Å². The molecular weight excluding hydrogens is 739 g/mol. The largest absolute Gasteiger partial charge is 0.457 e. The van der Waals surface area contributed by atoms with Crippen LogP contribution in [0, 0.1) is 0 Å². The lowest BCUT2D eigenvalue weighted by Crippen LogP contribution is -2.76. The summed E-state index contributed by atoms with van der Waals surface area (Å²) < 4.78 is 12.3. The van der Waals surface area contributed by atoms with Gasteiger partial charge in [0.05, 0.1) is 11.0 Å². The molecule has 58 heavy (non-hydrogen) atoms. The van der Waals surface area contributed by atoms with Crippen LogP contribution in [0.15, 0.2) is 212 Å². The van der Waals surface area contributed by atoms with Crippen molar-refractivity contribution in [2.75, 3.05) is 0 Å². The minimum atomic E-state index is -3.16. The third kappa shape index (κ3) is 4.83. The fourth-order valence-electron chi connectivity index (χ4n) is 9.65. The van der Waals surface area contributed by atoms with Crippen LogP contribution in [0.2, 0.25) is 0 Å². The standard InChI is InChI=1S/C54H35NOSSi/c1-2-15-36(16-3-1)37-29-32-39(33-30-37)58(51-26-12-9-23-47(51)55-45-21-7-4-17-41(45)42-18-5-8-22-46(42)55)52-27-13-10-24-48(52)56-54-40(20-14-28-53(54)58)38-31-34-44-43-19-6-11-25-49(43)57-50(44)35-38/h1-35H. The predicted octanol–water partition coefficient (Wildman–Crippen LogP) is 12.0. The first-order valence-corrected chi connectivity index (χ1v) is 22.7. The lowest BCUT2D eigenvalue weighted by atomic mass is 10.0. The molecule has 0 N–H and O–H groups in total. The summed E-state index contributed by atoms with van der Waals surface area (Å²) in [4.78, 5) is 0. The maximum atomic E-state index is 7.23. The first-order chi connectivity index (χ1) is 28.8. The highest BCUT2D eigenvalue weighted by molar-refractivity contribution is 7.25. The molecule has 12 rings (SSSR count). The quantitative estimate of drug-likeness (QED) is 0.159. The molecule has 0 radical (unpaired) electrons. The second-order valence-corrected chi connectivity index (χ2v) is 19.9. The van der Waals surface area contributed by atoms with E-state index in [9.17, 15) is 0 Å². The second-order valence-electron chi connectivity index (χ2n) is 15.2. The second kappa shape index (κ2) is 13.0. The van der Waals surface area contributed by atoms with Crippen molar-refractivity contribution >= 4 is 82.1 Å². The summed E-state index contributed by atoms with van der Waals surface area (Å²) >= 11 is 1.86. The summed E-state index contributed by atoms with van der Waals surface area (Å²) in [5.41, 5.74) is 8.28. The van der Waals surface area contributed by atoms with E-state index in [1.807, 2.05) is 11.3 Å². The topological polar surface area (TPSA) is 14.2 Å². The summed E-state index contributed by atoms with van der Waals surface area (Å²) in [7, 11) is -3.16. The Balaban J connectivity index is 1.19. The van der Waals surface area contributed by atoms with Gasteiger partial charge in [-0.2, -0.15) is 0 Å². The van der Waals surface area contributed by atoms with E-state index in [1.165, 1.54) is 79.5 Å². The molecule has 2 aromatic heterocycles. The van der Waals surface area contributed by atoms with E-state index in [1.54, 1.807) is 0 Å². The summed E-state index contributed by atoms with van der Waals surface area (Å²) in [5, 5.41) is 10.2. The number of hydrogen-bond acceptors (Lipinski definition) is 2. The Bertz CT molecular complexity index is 3330. The van der Waals surface area contributed by atoms with Crippen molar-refractivity contribution in [3.05, 3.63) is 212 Å². The maximum Gasteiger partial charge on any atom is 0.190 e. The Kier molecular flexibility index (Phi) is 7.46. The van der Waals surface area contributed by atoms with Gasteiger partial charge >= 0.3 is 0 Å². The Morgan fingerprint density at radius 2 is 0.983 bits per heavy atom. The number of benzene rings is 9. The maximum absolute atomic E-state index is 7.23. The molecule has 11 aromatic rings. The molecule has 1 aliphatic heterocycles. The van der Waals surface area contributed by atoms with Crippen molar-refractivity contribution in [3.63, 3.8) is 0 Å². The van der Waals surface area contributed by atoms with Gasteiger partial charge in [0.25, 0.3) is 0 Å². The van der Waals surface area contributed by atoms with Crippen LogP contribution in [0.3, 0.4) is 0 Å². The number of hydrogen-bond donors (Lipinski definition) is 0. The van der Waals surface area contributed by atoms with Gasteiger partial charge in [0, 0.05) is 42.2 Å². The van der Waals surface area contributed by atoms with Crippen LogP contribution in [-0.2, 0) is 0 Å². The Morgan fingerprint density at radius 1 is 0.397 bits per heavy atom. The number of ether oxygens (including phenoxy) is 1. The molecule has 272 valence electrons. The fraction of sp³-hybridized carbons (Fsp3) is 0. The number of rotatable bonds is 5. The van der Waals surface area contributed by atoms with E-state index in [0.717, 1.165) is 22.6 Å². The molecule has 9 aromatic carbocycles. The van der Waals surface area contributed by atoms with Crippen LogP contribution in [0.1, 0.15) is 0 Å². The van der Waals surface area contributed by atoms with Crippen LogP contribution in [0.4, 0.5) is 0 Å². The van der Waals surface area contributed by atoms with Crippen molar-refractivity contribution in [2.45, 2.75) is 0 Å². The summed E-state index contributed by atoms with van der Waals surface area (Å²) in [5.74, 6) is 1.86. The molecule has 2 nitrogen and oxygen atoms in total. The van der Waals surface area contributed by atoms with Crippen LogP contribution >= 0.6 is 11.3 Å². The summed E-state index contributed by atoms with van der Waals surface area (Å²) in [6.07, 6.45) is 0. The highest BCUT2D eigenvalue weighted by Gasteiger charge is 2.50. The van der Waals surface area contributed by atoms with Crippen LogP contribution in [-0.4, -0.2) is 12.6 Å². The van der Waals surface area contributed by atoms with Gasteiger partial charge in [-0.15, -0.1) is 11.3 Å². The zero-order valence-electron chi connectivity index (χ0n) is 31.5. The molecule has 1 unspecified atom stereocenters. The van der Waals surface area contributed by atoms with E-state index >= 15 is 0 Å². The average molecular weight is 774 g/mol. The van der Waals surface area contributed by atoms with Gasteiger partial charge in [0.15, 0.2) is 8.07 Å². The first-order valence-electron chi connectivity index (χ1n) is 19.8. The van der Waals surface area contributed by atoms with Crippen molar-refractivity contribution in [1.82, 2.24) is 4.57 Å². The van der Waals surface area contributed by atoms with E-state index in [-0.39, 0.29) is 0 Å². The highest BCUT2D eigenvalue weighted by atomic mass is 32.1. The number of para-hydroxylation sites is 5. The molecule has 4 heteroatoms. The Hall–Kier alpha value is -6.98. The smallest absolute Gasteiger partial charge is 0.190 e. The molecule has 0 spiro atoms. The van der Waals surface area contributed by atoms with Crippen molar-refractivity contribution < 1.29 is 4.74 Å². The van der Waals surface area contributed by atoms with E-state index < -0.39 is 8.07 Å². The third-order valence-electron chi connectivity index (χ3n) is 12.2. The van der Waals surface area contributed by atoms with Gasteiger partial charge in [0.2, 0.25) is 0 Å². The average Bonchev–Trinajstić information content (AvgIpc) is 3.84. The molecule has 1 aliphatic rings. The number of thiophene rings is 1. The first kappa shape index (κ1) is 33.2. The van der Waals surface area contributed by atoms with Gasteiger partial charge in [-0.25, -0.2) is 0 Å². The molecule has 3 heterocycles. The fourth-order valence-corrected chi connectivity index (χ4v) is 15.9. The zero-order chi connectivity index (χ0) is 38.2. The Labute approximate surface area is 341 Å².